The lowest BCUT2D eigenvalue weighted by Gasteiger charge is -2.30. The molecule has 0 radical (unpaired) electrons. The van der Waals surface area contributed by atoms with Gasteiger partial charge in [-0.3, -0.25) is 9.69 Å². The standard InChI is InChI=1S/C22H35N3O2.2ClH/c1-17(18-8-10-23-11-9-18)14-22(26)24-16-21(25-12-3-4-13-25)19-6-5-7-20(15-19)27-2;;/h5-7,15,17-18,21,23H,3-4,8-14,16H2,1-2H3,(H,24,26);2*1H. The Labute approximate surface area is 188 Å². The number of carbonyl (C=O) groups is 1. The molecule has 2 atom stereocenters. The highest BCUT2D eigenvalue weighted by Crippen LogP contribution is 2.28. The van der Waals surface area contributed by atoms with Crippen molar-refractivity contribution in [3.63, 3.8) is 0 Å². The summed E-state index contributed by atoms with van der Waals surface area (Å²) in [7, 11) is 1.70. The fourth-order valence-electron chi connectivity index (χ4n) is 4.51. The van der Waals surface area contributed by atoms with E-state index < -0.39 is 0 Å². The zero-order chi connectivity index (χ0) is 19.1. The van der Waals surface area contributed by atoms with E-state index in [4.69, 9.17) is 4.74 Å². The number of carbonyl (C=O) groups excluding carboxylic acids is 1. The second kappa shape index (κ2) is 13.3. The van der Waals surface area contributed by atoms with Gasteiger partial charge in [-0.1, -0.05) is 19.1 Å². The van der Waals surface area contributed by atoms with Crippen LogP contribution >= 0.6 is 24.8 Å². The molecule has 2 unspecified atom stereocenters. The normalized spacial score (nSPS) is 19.5. The van der Waals surface area contributed by atoms with E-state index in [1.54, 1.807) is 7.11 Å². The Morgan fingerprint density at radius 3 is 2.59 bits per heavy atom. The van der Waals surface area contributed by atoms with Gasteiger partial charge in [-0.25, -0.2) is 0 Å². The summed E-state index contributed by atoms with van der Waals surface area (Å²) in [6, 6.07) is 8.49. The first kappa shape index (κ1) is 26.0. The van der Waals surface area contributed by atoms with Crippen LogP contribution < -0.4 is 15.4 Å². The van der Waals surface area contributed by atoms with E-state index in [0.29, 0.717) is 24.8 Å². The van der Waals surface area contributed by atoms with E-state index >= 15 is 0 Å². The smallest absolute Gasteiger partial charge is 0.220 e. The maximum absolute atomic E-state index is 12.6. The van der Waals surface area contributed by atoms with Gasteiger partial charge in [0.25, 0.3) is 0 Å². The third kappa shape index (κ3) is 7.63. The van der Waals surface area contributed by atoms with E-state index in [9.17, 15) is 4.79 Å². The van der Waals surface area contributed by atoms with Crippen LogP contribution in [-0.4, -0.2) is 50.6 Å². The number of amides is 1. The van der Waals surface area contributed by atoms with E-state index in [2.05, 4.69) is 34.6 Å². The van der Waals surface area contributed by atoms with Gasteiger partial charge in [0.15, 0.2) is 0 Å². The van der Waals surface area contributed by atoms with Gasteiger partial charge in [-0.05, 0) is 81.4 Å². The van der Waals surface area contributed by atoms with Crippen LogP contribution in [0.1, 0.15) is 50.6 Å². The Morgan fingerprint density at radius 1 is 1.24 bits per heavy atom. The summed E-state index contributed by atoms with van der Waals surface area (Å²) in [5.41, 5.74) is 1.22. The third-order valence-electron chi connectivity index (χ3n) is 6.25. The summed E-state index contributed by atoms with van der Waals surface area (Å²) in [5.74, 6) is 2.19. The molecule has 166 valence electrons. The highest BCUT2D eigenvalue weighted by molar-refractivity contribution is 5.85. The third-order valence-corrected chi connectivity index (χ3v) is 6.25. The Morgan fingerprint density at radius 2 is 1.93 bits per heavy atom. The van der Waals surface area contributed by atoms with Crippen LogP contribution in [0.25, 0.3) is 0 Å². The lowest BCUT2D eigenvalue weighted by Crippen LogP contribution is -2.38. The molecule has 0 spiro atoms. The molecule has 0 aliphatic carbocycles. The molecule has 2 heterocycles. The molecule has 29 heavy (non-hydrogen) atoms. The minimum atomic E-state index is 0. The van der Waals surface area contributed by atoms with Crippen molar-refractivity contribution in [2.45, 2.75) is 45.1 Å². The fraction of sp³-hybridized carbons (Fsp3) is 0.682. The van der Waals surface area contributed by atoms with Gasteiger partial charge in [0.05, 0.1) is 13.2 Å². The lowest BCUT2D eigenvalue weighted by atomic mass is 9.84. The minimum Gasteiger partial charge on any atom is -0.497 e. The number of nitrogens with one attached hydrogen (secondary N) is 2. The molecule has 0 saturated carbocycles. The lowest BCUT2D eigenvalue weighted by molar-refractivity contribution is -0.122. The highest BCUT2D eigenvalue weighted by Gasteiger charge is 2.26. The zero-order valence-corrected chi connectivity index (χ0v) is 19.3. The zero-order valence-electron chi connectivity index (χ0n) is 17.7. The molecule has 0 bridgehead atoms. The molecule has 0 aromatic heterocycles. The summed E-state index contributed by atoms with van der Waals surface area (Å²) in [4.78, 5) is 15.1. The number of benzene rings is 1. The molecule has 2 saturated heterocycles. The van der Waals surface area contributed by atoms with Crippen molar-refractivity contribution in [3.8, 4) is 5.75 Å². The molecule has 1 aromatic carbocycles. The first-order valence-corrected chi connectivity index (χ1v) is 10.5. The molecule has 2 N–H and O–H groups in total. The van der Waals surface area contributed by atoms with Crippen molar-refractivity contribution in [3.05, 3.63) is 29.8 Å². The van der Waals surface area contributed by atoms with Crippen LogP contribution in [0.3, 0.4) is 0 Å². The predicted octanol–water partition coefficient (Wildman–Crippen LogP) is 3.82. The fourth-order valence-corrected chi connectivity index (χ4v) is 4.51. The van der Waals surface area contributed by atoms with E-state index in [1.807, 2.05) is 12.1 Å². The Kier molecular flexibility index (Phi) is 12.0. The van der Waals surface area contributed by atoms with Crippen molar-refractivity contribution in [1.82, 2.24) is 15.5 Å². The van der Waals surface area contributed by atoms with Crippen molar-refractivity contribution < 1.29 is 9.53 Å². The molecule has 3 rings (SSSR count). The van der Waals surface area contributed by atoms with Crippen LogP contribution in [0.5, 0.6) is 5.75 Å². The number of piperidine rings is 1. The largest absolute Gasteiger partial charge is 0.497 e. The average molecular weight is 446 g/mol. The minimum absolute atomic E-state index is 0. The topological polar surface area (TPSA) is 53.6 Å². The molecule has 2 aliphatic heterocycles. The summed E-state index contributed by atoms with van der Waals surface area (Å²) in [6.45, 7) is 7.28. The maximum Gasteiger partial charge on any atom is 0.220 e. The first-order valence-electron chi connectivity index (χ1n) is 10.5. The van der Waals surface area contributed by atoms with Gasteiger partial charge in [0.2, 0.25) is 5.91 Å². The molecule has 7 heteroatoms. The van der Waals surface area contributed by atoms with Gasteiger partial charge in [0.1, 0.15) is 5.75 Å². The van der Waals surface area contributed by atoms with Crippen LogP contribution in [-0.2, 0) is 4.79 Å². The number of halogens is 2. The van der Waals surface area contributed by atoms with Crippen LogP contribution in [0.2, 0.25) is 0 Å². The summed E-state index contributed by atoms with van der Waals surface area (Å²) < 4.78 is 5.40. The Hall–Kier alpha value is -1.01. The molecular weight excluding hydrogens is 409 g/mol. The van der Waals surface area contributed by atoms with E-state index in [-0.39, 0.29) is 36.8 Å². The number of hydrogen-bond acceptors (Lipinski definition) is 4. The molecule has 1 aromatic rings. The summed E-state index contributed by atoms with van der Waals surface area (Å²) >= 11 is 0. The van der Waals surface area contributed by atoms with Gasteiger partial charge in [-0.2, -0.15) is 0 Å². The second-order valence-corrected chi connectivity index (χ2v) is 8.11. The molecule has 1 amide bonds. The molecule has 2 fully saturated rings. The monoisotopic (exact) mass is 445 g/mol. The second-order valence-electron chi connectivity index (χ2n) is 8.11. The average Bonchev–Trinajstić information content (AvgIpc) is 3.23. The SMILES string of the molecule is COc1cccc(C(CNC(=O)CC(C)C2CCNCC2)N2CCCC2)c1.Cl.Cl. The summed E-state index contributed by atoms with van der Waals surface area (Å²) in [6.07, 6.45) is 5.49. The molecule has 2 aliphatic rings. The van der Waals surface area contributed by atoms with Gasteiger partial charge in [0, 0.05) is 13.0 Å². The van der Waals surface area contributed by atoms with Crippen LogP contribution in [0, 0.1) is 11.8 Å². The number of likely N-dealkylation sites (tertiary alicyclic amines) is 1. The first-order chi connectivity index (χ1) is 13.2. The number of hydrogen-bond donors (Lipinski definition) is 2. The maximum atomic E-state index is 12.6. The summed E-state index contributed by atoms with van der Waals surface area (Å²) in [5, 5.41) is 6.63. The van der Waals surface area contributed by atoms with Crippen LogP contribution in [0.4, 0.5) is 0 Å². The predicted molar refractivity (Wildman–Crippen MR) is 123 cm³/mol. The van der Waals surface area contributed by atoms with E-state index in [1.165, 1.54) is 31.2 Å². The van der Waals surface area contributed by atoms with Crippen molar-refractivity contribution in [1.29, 1.82) is 0 Å². The number of methoxy groups -OCH3 is 1. The number of rotatable bonds is 8. The van der Waals surface area contributed by atoms with Crippen molar-refractivity contribution in [2.75, 3.05) is 39.8 Å². The van der Waals surface area contributed by atoms with E-state index in [0.717, 1.165) is 31.9 Å². The number of nitrogens with zero attached hydrogens (tertiary/aromatic N) is 1. The van der Waals surface area contributed by atoms with Crippen LogP contribution in [0.15, 0.2) is 24.3 Å². The van der Waals surface area contributed by atoms with Gasteiger partial charge >= 0.3 is 0 Å². The number of ether oxygens (including phenoxy) is 1. The van der Waals surface area contributed by atoms with Crippen molar-refractivity contribution in [2.24, 2.45) is 11.8 Å². The molecular formula is C22H37Cl2N3O2. The quantitative estimate of drug-likeness (QED) is 0.638. The van der Waals surface area contributed by atoms with Gasteiger partial charge < -0.3 is 15.4 Å². The van der Waals surface area contributed by atoms with Gasteiger partial charge in [-0.15, -0.1) is 24.8 Å². The highest BCUT2D eigenvalue weighted by atomic mass is 35.5. The Bertz CT molecular complexity index is 605. The van der Waals surface area contributed by atoms with Crippen molar-refractivity contribution >= 4 is 30.7 Å². The Balaban J connectivity index is 0.00000210. The molecule has 5 nitrogen and oxygen atoms in total.